The standard InChI is InChI=1S/C9H13NO3.ClH/c10-9(3-4-11)2-1-7-8(5-9)13-6-12-7;/h1,5,11H,2-4,6,10H2;1H. The summed E-state index contributed by atoms with van der Waals surface area (Å²) in [5, 5.41) is 8.82. The molecule has 80 valence electrons. The summed E-state index contributed by atoms with van der Waals surface area (Å²) in [4.78, 5) is 0. The molecule has 1 unspecified atom stereocenters. The SMILES string of the molecule is Cl.NC1(CCO)C=C2OCOC2=CC1. The third kappa shape index (κ3) is 2.03. The lowest BCUT2D eigenvalue weighted by atomic mass is 9.88. The lowest BCUT2D eigenvalue weighted by Gasteiger charge is -2.26. The number of fused-ring (bicyclic) bond motifs is 1. The fourth-order valence-corrected chi connectivity index (χ4v) is 1.56. The molecule has 3 N–H and O–H groups in total. The Morgan fingerprint density at radius 1 is 1.43 bits per heavy atom. The molecule has 1 aliphatic carbocycles. The van der Waals surface area contributed by atoms with Gasteiger partial charge in [-0.15, -0.1) is 12.4 Å². The van der Waals surface area contributed by atoms with Crippen LogP contribution in [-0.4, -0.2) is 24.0 Å². The molecular weight excluding hydrogens is 206 g/mol. The average Bonchev–Trinajstić information content (AvgIpc) is 2.50. The van der Waals surface area contributed by atoms with Crippen LogP contribution in [0.1, 0.15) is 12.8 Å². The Balaban J connectivity index is 0.000000980. The predicted molar refractivity (Wildman–Crippen MR) is 53.7 cm³/mol. The molecule has 1 atom stereocenters. The zero-order chi connectivity index (χ0) is 9.31. The molecule has 0 saturated carbocycles. The van der Waals surface area contributed by atoms with E-state index in [-0.39, 0.29) is 25.8 Å². The van der Waals surface area contributed by atoms with Gasteiger partial charge in [0, 0.05) is 12.1 Å². The highest BCUT2D eigenvalue weighted by atomic mass is 35.5. The summed E-state index contributed by atoms with van der Waals surface area (Å²) in [6, 6.07) is 0. The van der Waals surface area contributed by atoms with Gasteiger partial charge in [0.25, 0.3) is 0 Å². The zero-order valence-corrected chi connectivity index (χ0v) is 8.55. The first-order valence-electron chi connectivity index (χ1n) is 4.32. The molecule has 0 amide bonds. The molecule has 0 spiro atoms. The predicted octanol–water partition coefficient (Wildman–Crippen LogP) is 0.664. The average molecular weight is 220 g/mol. The Kier molecular flexibility index (Phi) is 3.42. The first kappa shape index (κ1) is 11.4. The number of hydrogen-bond acceptors (Lipinski definition) is 4. The van der Waals surface area contributed by atoms with Gasteiger partial charge >= 0.3 is 0 Å². The molecule has 1 aliphatic heterocycles. The Morgan fingerprint density at radius 3 is 2.86 bits per heavy atom. The topological polar surface area (TPSA) is 64.7 Å². The number of ether oxygens (including phenoxy) is 2. The second-order valence-electron chi connectivity index (χ2n) is 3.39. The molecule has 0 aromatic carbocycles. The first-order chi connectivity index (χ1) is 6.23. The minimum Gasteiger partial charge on any atom is -0.454 e. The normalized spacial score (nSPS) is 29.0. The van der Waals surface area contributed by atoms with Gasteiger partial charge in [-0.2, -0.15) is 0 Å². The molecule has 4 nitrogen and oxygen atoms in total. The summed E-state index contributed by atoms with van der Waals surface area (Å²) in [7, 11) is 0. The van der Waals surface area contributed by atoms with Crippen molar-refractivity contribution in [1.82, 2.24) is 0 Å². The van der Waals surface area contributed by atoms with Crippen molar-refractivity contribution in [2.45, 2.75) is 18.4 Å². The van der Waals surface area contributed by atoms with Gasteiger partial charge in [-0.25, -0.2) is 0 Å². The molecule has 2 aliphatic rings. The summed E-state index contributed by atoms with van der Waals surface area (Å²) in [6.45, 7) is 0.358. The molecule has 14 heavy (non-hydrogen) atoms. The minimum absolute atomic E-state index is 0. The van der Waals surface area contributed by atoms with Crippen LogP contribution in [0.25, 0.3) is 0 Å². The molecule has 1 heterocycles. The highest BCUT2D eigenvalue weighted by Gasteiger charge is 2.30. The van der Waals surface area contributed by atoms with Crippen LogP contribution in [-0.2, 0) is 9.47 Å². The summed E-state index contributed by atoms with van der Waals surface area (Å²) < 4.78 is 10.4. The van der Waals surface area contributed by atoms with Crippen LogP contribution in [0.15, 0.2) is 23.7 Å². The largest absolute Gasteiger partial charge is 0.454 e. The van der Waals surface area contributed by atoms with Gasteiger partial charge < -0.3 is 20.3 Å². The van der Waals surface area contributed by atoms with E-state index in [1.165, 1.54) is 0 Å². The van der Waals surface area contributed by atoms with Crippen molar-refractivity contribution in [2.24, 2.45) is 5.73 Å². The van der Waals surface area contributed by atoms with Gasteiger partial charge in [-0.1, -0.05) is 0 Å². The van der Waals surface area contributed by atoms with Crippen molar-refractivity contribution in [1.29, 1.82) is 0 Å². The fourth-order valence-electron chi connectivity index (χ4n) is 1.56. The first-order valence-corrected chi connectivity index (χ1v) is 4.32. The van der Waals surface area contributed by atoms with E-state index in [0.29, 0.717) is 18.6 Å². The molecule has 0 bridgehead atoms. The quantitative estimate of drug-likeness (QED) is 0.717. The van der Waals surface area contributed by atoms with E-state index in [0.717, 1.165) is 5.76 Å². The van der Waals surface area contributed by atoms with E-state index in [9.17, 15) is 0 Å². The van der Waals surface area contributed by atoms with Crippen molar-refractivity contribution in [3.63, 3.8) is 0 Å². The number of aliphatic hydroxyl groups excluding tert-OH is 1. The number of halogens is 1. The summed E-state index contributed by atoms with van der Waals surface area (Å²) in [6.07, 6.45) is 4.99. The van der Waals surface area contributed by atoms with Crippen molar-refractivity contribution < 1.29 is 14.6 Å². The van der Waals surface area contributed by atoms with E-state index < -0.39 is 5.54 Å². The Labute approximate surface area is 88.8 Å². The molecule has 0 aromatic rings. The molecular formula is C9H14ClNO3. The monoisotopic (exact) mass is 219 g/mol. The zero-order valence-electron chi connectivity index (χ0n) is 7.73. The van der Waals surface area contributed by atoms with Crippen LogP contribution >= 0.6 is 12.4 Å². The third-order valence-corrected chi connectivity index (χ3v) is 2.34. The fraction of sp³-hybridized carbons (Fsp3) is 0.556. The van der Waals surface area contributed by atoms with E-state index in [2.05, 4.69) is 0 Å². The Hall–Kier alpha value is -0.710. The third-order valence-electron chi connectivity index (χ3n) is 2.34. The maximum absolute atomic E-state index is 8.82. The maximum Gasteiger partial charge on any atom is 0.231 e. The second kappa shape index (κ2) is 4.21. The smallest absolute Gasteiger partial charge is 0.231 e. The van der Waals surface area contributed by atoms with Crippen molar-refractivity contribution in [3.05, 3.63) is 23.7 Å². The van der Waals surface area contributed by atoms with Gasteiger partial charge in [0.1, 0.15) is 0 Å². The molecule has 0 aromatic heterocycles. The lowest BCUT2D eigenvalue weighted by molar-refractivity contribution is 0.0976. The Morgan fingerprint density at radius 2 is 2.14 bits per heavy atom. The van der Waals surface area contributed by atoms with E-state index in [1.54, 1.807) is 0 Å². The minimum atomic E-state index is -0.471. The van der Waals surface area contributed by atoms with E-state index in [4.69, 9.17) is 20.3 Å². The highest BCUT2D eigenvalue weighted by molar-refractivity contribution is 5.85. The summed E-state index contributed by atoms with van der Waals surface area (Å²) in [5.41, 5.74) is 5.54. The van der Waals surface area contributed by atoms with Crippen LogP contribution < -0.4 is 5.73 Å². The number of hydrogen-bond donors (Lipinski definition) is 2. The van der Waals surface area contributed by atoms with E-state index in [1.807, 2.05) is 12.2 Å². The molecule has 1 saturated heterocycles. The van der Waals surface area contributed by atoms with Gasteiger partial charge in [-0.3, -0.25) is 0 Å². The van der Waals surface area contributed by atoms with Gasteiger partial charge in [0.2, 0.25) is 6.79 Å². The van der Waals surface area contributed by atoms with Gasteiger partial charge in [0.05, 0.1) is 0 Å². The number of aliphatic hydroxyl groups is 1. The van der Waals surface area contributed by atoms with Crippen molar-refractivity contribution in [2.75, 3.05) is 13.4 Å². The van der Waals surface area contributed by atoms with Crippen molar-refractivity contribution in [3.8, 4) is 0 Å². The van der Waals surface area contributed by atoms with Crippen LogP contribution in [0.2, 0.25) is 0 Å². The van der Waals surface area contributed by atoms with Crippen LogP contribution in [0.4, 0.5) is 0 Å². The number of nitrogens with two attached hydrogens (primary N) is 1. The molecule has 1 fully saturated rings. The lowest BCUT2D eigenvalue weighted by Crippen LogP contribution is -2.39. The highest BCUT2D eigenvalue weighted by Crippen LogP contribution is 2.31. The van der Waals surface area contributed by atoms with Crippen LogP contribution in [0.5, 0.6) is 0 Å². The van der Waals surface area contributed by atoms with E-state index >= 15 is 0 Å². The second-order valence-corrected chi connectivity index (χ2v) is 3.39. The maximum atomic E-state index is 8.82. The molecule has 2 rings (SSSR count). The van der Waals surface area contributed by atoms with Crippen molar-refractivity contribution >= 4 is 12.4 Å². The molecule has 5 heteroatoms. The Bertz CT molecular complexity index is 277. The van der Waals surface area contributed by atoms with Gasteiger partial charge in [-0.05, 0) is 25.0 Å². The summed E-state index contributed by atoms with van der Waals surface area (Å²) in [5.74, 6) is 1.49. The van der Waals surface area contributed by atoms with Gasteiger partial charge in [0.15, 0.2) is 11.5 Å². The summed E-state index contributed by atoms with van der Waals surface area (Å²) >= 11 is 0. The van der Waals surface area contributed by atoms with Crippen LogP contribution in [0, 0.1) is 0 Å². The number of rotatable bonds is 2. The molecule has 0 radical (unpaired) electrons. The van der Waals surface area contributed by atoms with Crippen LogP contribution in [0.3, 0.4) is 0 Å².